The van der Waals surface area contributed by atoms with Crippen molar-refractivity contribution in [2.24, 2.45) is 0 Å². The van der Waals surface area contributed by atoms with E-state index >= 15 is 0 Å². The molecule has 4 aliphatic heterocycles. The van der Waals surface area contributed by atoms with Gasteiger partial charge in [0, 0.05) is 0 Å². The highest BCUT2D eigenvalue weighted by molar-refractivity contribution is 7.81. The molecule has 0 saturated carbocycles. The summed E-state index contributed by atoms with van der Waals surface area (Å²) in [6.45, 7) is -1.53. The first-order valence-electron chi connectivity index (χ1n) is 14.7. The molecule has 4 saturated heterocycles. The second kappa shape index (κ2) is 16.6. The van der Waals surface area contributed by atoms with Crippen LogP contribution in [0.5, 0.6) is 0 Å². The highest BCUT2D eigenvalue weighted by atomic mass is 32.3. The fraction of sp³-hybridized carbons (Fsp3) is 1.00. The molecule has 19 atom stereocenters. The lowest BCUT2D eigenvalue weighted by Crippen LogP contribution is -2.67. The summed E-state index contributed by atoms with van der Waals surface area (Å²) in [5.41, 5.74) is 0. The van der Waals surface area contributed by atoms with Crippen molar-refractivity contribution in [2.75, 3.05) is 19.8 Å². The summed E-state index contributed by atoms with van der Waals surface area (Å²) in [6.07, 6.45) is -36.4. The molecule has 294 valence electrons. The van der Waals surface area contributed by atoms with Crippen LogP contribution < -0.4 is 0 Å². The Labute approximate surface area is 282 Å². The Balaban J connectivity index is 1.54. The van der Waals surface area contributed by atoms with Gasteiger partial charge in [0.2, 0.25) is 0 Å². The molecule has 0 radical (unpaired) electrons. The number of hydrogen-bond donors (Lipinski definition) is 12. The van der Waals surface area contributed by atoms with Crippen molar-refractivity contribution in [3.8, 4) is 0 Å². The number of ether oxygens (including phenoxy) is 7. The zero-order valence-electron chi connectivity index (χ0n) is 25.6. The third-order valence-electron chi connectivity index (χ3n) is 8.18. The van der Waals surface area contributed by atoms with Crippen molar-refractivity contribution >= 4 is 20.8 Å². The van der Waals surface area contributed by atoms with E-state index in [9.17, 15) is 67.9 Å². The van der Waals surface area contributed by atoms with Gasteiger partial charge in [0.05, 0.1) is 25.9 Å². The molecular formula is C23H40O25S2. The number of aliphatic hydroxyl groups is 10. The maximum absolute atomic E-state index is 11.2. The van der Waals surface area contributed by atoms with Crippen LogP contribution in [0.1, 0.15) is 6.92 Å². The van der Waals surface area contributed by atoms with Crippen LogP contribution in [-0.4, -0.2) is 214 Å². The van der Waals surface area contributed by atoms with Crippen molar-refractivity contribution in [1.82, 2.24) is 0 Å². The van der Waals surface area contributed by atoms with E-state index in [1.807, 2.05) is 0 Å². The first-order chi connectivity index (χ1) is 23.1. The van der Waals surface area contributed by atoms with Crippen molar-refractivity contribution in [2.45, 2.75) is 124 Å². The third kappa shape index (κ3) is 9.97. The second-order valence-electron chi connectivity index (χ2n) is 11.7. The number of aliphatic hydroxyl groups excluding tert-OH is 10. The van der Waals surface area contributed by atoms with Gasteiger partial charge >= 0.3 is 20.8 Å². The Hall–Kier alpha value is -0.940. The zero-order chi connectivity index (χ0) is 37.5. The van der Waals surface area contributed by atoms with E-state index in [2.05, 4.69) is 8.37 Å². The van der Waals surface area contributed by atoms with E-state index in [0.29, 0.717) is 0 Å². The maximum atomic E-state index is 11.2. The van der Waals surface area contributed by atoms with Gasteiger partial charge in [-0.05, 0) is 6.92 Å². The van der Waals surface area contributed by atoms with E-state index in [0.717, 1.165) is 0 Å². The Bertz CT molecular complexity index is 1320. The normalized spacial score (nSPS) is 48.0. The van der Waals surface area contributed by atoms with Crippen LogP contribution in [0.4, 0.5) is 0 Å². The highest BCUT2D eigenvalue weighted by Crippen LogP contribution is 2.34. The summed E-state index contributed by atoms with van der Waals surface area (Å²) in [6, 6.07) is 0. The average molecular weight is 781 g/mol. The van der Waals surface area contributed by atoms with Crippen LogP contribution in [0.2, 0.25) is 0 Å². The van der Waals surface area contributed by atoms with E-state index in [1.54, 1.807) is 0 Å². The molecule has 4 fully saturated rings. The minimum atomic E-state index is -5.14. The molecule has 0 aromatic carbocycles. The minimum absolute atomic E-state index is 0.517. The van der Waals surface area contributed by atoms with Gasteiger partial charge in [-0.15, -0.1) is 0 Å². The molecule has 1 unspecified atom stereocenters. The number of rotatable bonds is 12. The Morgan fingerprint density at radius 1 is 0.540 bits per heavy atom. The maximum Gasteiger partial charge on any atom is 0.397 e. The summed E-state index contributed by atoms with van der Waals surface area (Å²) in [5.74, 6) is 0. The van der Waals surface area contributed by atoms with E-state index in [4.69, 9.17) is 42.3 Å². The lowest BCUT2D eigenvalue weighted by atomic mass is 9.96. The fourth-order valence-corrected chi connectivity index (χ4v) is 6.06. The average Bonchev–Trinajstić information content (AvgIpc) is 3.02. The molecule has 4 heterocycles. The van der Waals surface area contributed by atoms with Crippen LogP contribution in [0, 0.1) is 0 Å². The van der Waals surface area contributed by atoms with Gasteiger partial charge < -0.3 is 84.2 Å². The molecule has 4 aliphatic rings. The SMILES string of the molecule is C[C@H]1O[C@@H](O[C@@H]2[C@@H](O)[C@H](O[C@H]3C(O)OC[C@@H](O)[C@@H]3O)O[C@H](COS(=O)(=O)O)[C@H]2O)[C@H](O)[C@@H](O[C@@H]2O[C@H](COS(=O)(=O)O)[C@@H](O)[C@H](O)[C@H]2O)[C@@H]1O. The van der Waals surface area contributed by atoms with Gasteiger partial charge in [0.15, 0.2) is 25.2 Å². The van der Waals surface area contributed by atoms with Crippen molar-refractivity contribution in [1.29, 1.82) is 0 Å². The zero-order valence-corrected chi connectivity index (χ0v) is 27.2. The van der Waals surface area contributed by atoms with Crippen molar-refractivity contribution in [3.63, 3.8) is 0 Å². The predicted octanol–water partition coefficient (Wildman–Crippen LogP) is -8.43. The molecular weight excluding hydrogens is 740 g/mol. The van der Waals surface area contributed by atoms with Crippen LogP contribution in [0.3, 0.4) is 0 Å². The topological polar surface area (TPSA) is 394 Å². The fourth-order valence-electron chi connectivity index (χ4n) is 5.45. The van der Waals surface area contributed by atoms with Gasteiger partial charge in [-0.25, -0.2) is 8.37 Å². The lowest BCUT2D eigenvalue weighted by Gasteiger charge is -2.48. The minimum Gasteiger partial charge on any atom is -0.388 e. The largest absolute Gasteiger partial charge is 0.397 e. The molecule has 0 amide bonds. The Morgan fingerprint density at radius 2 is 0.980 bits per heavy atom. The van der Waals surface area contributed by atoms with Gasteiger partial charge in [-0.1, -0.05) is 0 Å². The summed E-state index contributed by atoms with van der Waals surface area (Å²) in [7, 11) is -10.2. The summed E-state index contributed by atoms with van der Waals surface area (Å²) in [5, 5.41) is 105. The predicted molar refractivity (Wildman–Crippen MR) is 147 cm³/mol. The summed E-state index contributed by atoms with van der Waals surface area (Å²) >= 11 is 0. The third-order valence-corrected chi connectivity index (χ3v) is 9.05. The van der Waals surface area contributed by atoms with Crippen molar-refractivity contribution in [3.05, 3.63) is 0 Å². The Morgan fingerprint density at radius 3 is 1.50 bits per heavy atom. The first kappa shape index (κ1) is 41.8. The van der Waals surface area contributed by atoms with E-state index in [-0.39, 0.29) is 0 Å². The molecule has 27 heteroatoms. The van der Waals surface area contributed by atoms with Gasteiger partial charge in [0.1, 0.15) is 85.5 Å². The smallest absolute Gasteiger partial charge is 0.388 e. The summed E-state index contributed by atoms with van der Waals surface area (Å²) < 4.78 is 108. The molecule has 25 nitrogen and oxygen atoms in total. The van der Waals surface area contributed by atoms with Crippen LogP contribution in [0.15, 0.2) is 0 Å². The first-order valence-corrected chi connectivity index (χ1v) is 17.4. The molecule has 0 aromatic rings. The van der Waals surface area contributed by atoms with Gasteiger partial charge in [-0.3, -0.25) is 9.11 Å². The van der Waals surface area contributed by atoms with Gasteiger partial charge in [-0.2, -0.15) is 16.8 Å². The number of hydrogen-bond acceptors (Lipinski definition) is 23. The molecule has 0 aromatic heterocycles. The Kier molecular flexibility index (Phi) is 13.9. The quantitative estimate of drug-likeness (QED) is 0.0818. The highest BCUT2D eigenvalue weighted by Gasteiger charge is 2.54. The van der Waals surface area contributed by atoms with Gasteiger partial charge in [0.25, 0.3) is 0 Å². The molecule has 50 heavy (non-hydrogen) atoms. The van der Waals surface area contributed by atoms with Crippen molar-refractivity contribution < 1.29 is 119 Å². The lowest BCUT2D eigenvalue weighted by molar-refractivity contribution is -0.387. The molecule has 0 bridgehead atoms. The molecule has 0 aliphatic carbocycles. The van der Waals surface area contributed by atoms with Crippen LogP contribution >= 0.6 is 0 Å². The molecule has 4 rings (SSSR count). The standard InChI is InChI=1S/C23H40O25S2/c1-5-9(25)17(46-21-14(30)13(29)11(27)7(44-21)3-41-49(34,35)36)15(31)22(43-5)47-18-12(28)8(4-42-50(37,38)39)45-23(16(18)32)48-19-10(26)6(24)2-40-20(19)33/h5-33H,2-4H2,1H3,(H,34,35,36)(H,37,38,39)/t5-,6-,7-,8-,9-,10+,11-,12-,13+,14-,15-,16-,17+,18+,19-,20?,21+,22+,23+/m1/s1. The second-order valence-corrected chi connectivity index (χ2v) is 13.9. The monoisotopic (exact) mass is 780 g/mol. The van der Waals surface area contributed by atoms with E-state index < -0.39 is 157 Å². The summed E-state index contributed by atoms with van der Waals surface area (Å²) in [4.78, 5) is 0. The van der Waals surface area contributed by atoms with Crippen LogP contribution in [-0.2, 0) is 62.3 Å². The molecule has 0 spiro atoms. The van der Waals surface area contributed by atoms with Crippen LogP contribution in [0.25, 0.3) is 0 Å². The van der Waals surface area contributed by atoms with E-state index in [1.165, 1.54) is 6.92 Å². The molecule has 12 N–H and O–H groups in total.